The molecule has 0 bridgehead atoms. The van der Waals surface area contributed by atoms with Crippen LogP contribution in [0.2, 0.25) is 0 Å². The van der Waals surface area contributed by atoms with Crippen LogP contribution in [0.25, 0.3) is 0 Å². The molecule has 0 unspecified atom stereocenters. The summed E-state index contributed by atoms with van der Waals surface area (Å²) >= 11 is 0. The normalized spacial score (nSPS) is 20.1. The van der Waals surface area contributed by atoms with Crippen LogP contribution >= 0.6 is 0 Å². The summed E-state index contributed by atoms with van der Waals surface area (Å²) in [6.07, 6.45) is -2.82. The molecule has 1 aromatic rings. The third kappa shape index (κ3) is 2.56. The zero-order valence-corrected chi connectivity index (χ0v) is 9.08. The Morgan fingerprint density at radius 2 is 1.88 bits per heavy atom. The van der Waals surface area contributed by atoms with Gasteiger partial charge in [0.15, 0.2) is 9.84 Å². The van der Waals surface area contributed by atoms with Crippen LogP contribution in [-0.2, 0) is 14.6 Å². The molecule has 0 spiro atoms. The predicted molar refractivity (Wildman–Crippen MR) is 53.2 cm³/mol. The molecule has 16 heavy (non-hydrogen) atoms. The lowest BCUT2D eigenvalue weighted by molar-refractivity contribution is 0.174. The van der Waals surface area contributed by atoms with E-state index >= 15 is 0 Å². The molecule has 0 amide bonds. The lowest BCUT2D eigenvalue weighted by Gasteiger charge is -2.04. The van der Waals surface area contributed by atoms with Gasteiger partial charge in [-0.25, -0.2) is 17.2 Å². The van der Waals surface area contributed by atoms with E-state index in [9.17, 15) is 17.2 Å². The summed E-state index contributed by atoms with van der Waals surface area (Å²) in [5.74, 6) is -1.13. The van der Waals surface area contributed by atoms with Gasteiger partial charge in [-0.15, -0.1) is 0 Å². The Bertz CT molecular complexity index is 463. The van der Waals surface area contributed by atoms with Crippen molar-refractivity contribution in [1.82, 2.24) is 0 Å². The first-order valence-electron chi connectivity index (χ1n) is 4.71. The molecule has 1 aromatic carbocycles. The van der Waals surface area contributed by atoms with Crippen molar-refractivity contribution in [3.63, 3.8) is 0 Å². The van der Waals surface area contributed by atoms with Crippen LogP contribution in [0.5, 0.6) is 0 Å². The number of rotatable bonds is 4. The second-order valence-corrected chi connectivity index (χ2v) is 5.60. The summed E-state index contributed by atoms with van der Waals surface area (Å²) < 4.78 is 51.9. The molecule has 1 aliphatic rings. The Balaban J connectivity index is 2.20. The minimum absolute atomic E-state index is 0.0341. The molecule has 0 aliphatic carbocycles. The van der Waals surface area contributed by atoms with E-state index in [1.165, 1.54) is 12.1 Å². The van der Waals surface area contributed by atoms with Crippen molar-refractivity contribution in [2.45, 2.75) is 17.4 Å². The zero-order chi connectivity index (χ0) is 11.8. The highest BCUT2D eigenvalue weighted by Crippen LogP contribution is 2.30. The quantitative estimate of drug-likeness (QED) is 0.763. The van der Waals surface area contributed by atoms with E-state index in [-0.39, 0.29) is 11.0 Å². The molecular weight excluding hydrogens is 238 g/mol. The maximum Gasteiger partial charge on any atom is 0.252 e. The highest BCUT2D eigenvalue weighted by Gasteiger charge is 2.26. The Kier molecular flexibility index (Phi) is 2.94. The summed E-state index contributed by atoms with van der Waals surface area (Å²) in [5.41, 5.74) is 0.871. The van der Waals surface area contributed by atoms with Gasteiger partial charge in [0, 0.05) is 0 Å². The largest absolute Gasteiger partial charge is 0.368 e. The van der Waals surface area contributed by atoms with Gasteiger partial charge in [0.2, 0.25) is 0 Å². The van der Waals surface area contributed by atoms with Gasteiger partial charge in [0.25, 0.3) is 6.43 Å². The molecule has 88 valence electrons. The number of halogens is 2. The SMILES string of the molecule is O=S(=O)(CC(F)F)c1ccc([C@H]2CO2)cc1. The van der Waals surface area contributed by atoms with Gasteiger partial charge < -0.3 is 4.74 Å². The van der Waals surface area contributed by atoms with Gasteiger partial charge in [-0.05, 0) is 17.7 Å². The van der Waals surface area contributed by atoms with Crippen LogP contribution in [0.4, 0.5) is 8.78 Å². The number of hydrogen-bond acceptors (Lipinski definition) is 3. The van der Waals surface area contributed by atoms with Crippen molar-refractivity contribution < 1.29 is 21.9 Å². The Labute approximate surface area is 92.0 Å². The van der Waals surface area contributed by atoms with Crippen molar-refractivity contribution in [2.75, 3.05) is 12.4 Å². The number of ether oxygens (including phenoxy) is 1. The van der Waals surface area contributed by atoms with Crippen LogP contribution in [-0.4, -0.2) is 27.2 Å². The van der Waals surface area contributed by atoms with E-state index in [1.54, 1.807) is 12.1 Å². The molecule has 1 aliphatic heterocycles. The summed E-state index contributed by atoms with van der Waals surface area (Å²) in [7, 11) is -3.87. The molecule has 2 rings (SSSR count). The Morgan fingerprint density at radius 3 is 2.31 bits per heavy atom. The fourth-order valence-electron chi connectivity index (χ4n) is 1.39. The third-order valence-electron chi connectivity index (χ3n) is 2.29. The fourth-order valence-corrected chi connectivity index (χ4v) is 2.47. The van der Waals surface area contributed by atoms with Gasteiger partial charge in [-0.2, -0.15) is 0 Å². The number of benzene rings is 1. The maximum absolute atomic E-state index is 12.0. The van der Waals surface area contributed by atoms with E-state index < -0.39 is 22.0 Å². The van der Waals surface area contributed by atoms with Gasteiger partial charge in [-0.3, -0.25) is 0 Å². The van der Waals surface area contributed by atoms with Crippen molar-refractivity contribution in [3.05, 3.63) is 29.8 Å². The number of sulfone groups is 1. The van der Waals surface area contributed by atoms with Gasteiger partial charge in [0.1, 0.15) is 11.9 Å². The molecule has 1 fully saturated rings. The fraction of sp³-hybridized carbons (Fsp3) is 0.400. The molecule has 6 heteroatoms. The molecule has 1 saturated heterocycles. The lowest BCUT2D eigenvalue weighted by atomic mass is 10.2. The molecular formula is C10H10F2O3S. The number of alkyl halides is 2. The molecule has 0 radical (unpaired) electrons. The second-order valence-electron chi connectivity index (χ2n) is 3.56. The molecule has 1 atom stereocenters. The van der Waals surface area contributed by atoms with Gasteiger partial charge in [-0.1, -0.05) is 12.1 Å². The maximum atomic E-state index is 12.0. The number of epoxide rings is 1. The topological polar surface area (TPSA) is 46.7 Å². The van der Waals surface area contributed by atoms with Crippen LogP contribution in [0.3, 0.4) is 0 Å². The monoisotopic (exact) mass is 248 g/mol. The smallest absolute Gasteiger partial charge is 0.252 e. The minimum atomic E-state index is -3.87. The summed E-state index contributed by atoms with van der Waals surface area (Å²) in [5, 5.41) is 0. The van der Waals surface area contributed by atoms with E-state index in [0.29, 0.717) is 6.61 Å². The van der Waals surface area contributed by atoms with Crippen molar-refractivity contribution in [1.29, 1.82) is 0 Å². The standard InChI is InChI=1S/C10H10F2O3S/c11-10(12)6-16(13,14)8-3-1-7(2-4-8)9-5-15-9/h1-4,9-10H,5-6H2/t9-/m1/s1. The Hall–Kier alpha value is -1.01. The average molecular weight is 248 g/mol. The zero-order valence-electron chi connectivity index (χ0n) is 8.27. The average Bonchev–Trinajstić information content (AvgIpc) is 2.99. The van der Waals surface area contributed by atoms with E-state index in [0.717, 1.165) is 5.56 Å². The lowest BCUT2D eigenvalue weighted by Crippen LogP contribution is -2.13. The van der Waals surface area contributed by atoms with E-state index in [1.807, 2.05) is 0 Å². The Morgan fingerprint density at radius 1 is 1.31 bits per heavy atom. The van der Waals surface area contributed by atoms with E-state index in [4.69, 9.17) is 4.74 Å². The highest BCUT2D eigenvalue weighted by molar-refractivity contribution is 7.91. The van der Waals surface area contributed by atoms with Gasteiger partial charge in [0.05, 0.1) is 11.5 Å². The highest BCUT2D eigenvalue weighted by atomic mass is 32.2. The number of hydrogen-bond donors (Lipinski definition) is 0. The van der Waals surface area contributed by atoms with Crippen LogP contribution in [0, 0.1) is 0 Å². The van der Waals surface area contributed by atoms with Crippen molar-refractivity contribution in [2.24, 2.45) is 0 Å². The molecule has 3 nitrogen and oxygen atoms in total. The molecule has 0 N–H and O–H groups in total. The minimum Gasteiger partial charge on any atom is -0.368 e. The van der Waals surface area contributed by atoms with E-state index in [2.05, 4.69) is 0 Å². The molecule has 1 heterocycles. The van der Waals surface area contributed by atoms with Crippen LogP contribution in [0.15, 0.2) is 29.2 Å². The first-order valence-corrected chi connectivity index (χ1v) is 6.37. The van der Waals surface area contributed by atoms with Crippen LogP contribution < -0.4 is 0 Å². The van der Waals surface area contributed by atoms with Crippen LogP contribution in [0.1, 0.15) is 11.7 Å². The summed E-state index contributed by atoms with van der Waals surface area (Å²) in [6, 6.07) is 5.87. The van der Waals surface area contributed by atoms with Gasteiger partial charge >= 0.3 is 0 Å². The summed E-state index contributed by atoms with van der Waals surface area (Å²) in [6.45, 7) is 0.628. The predicted octanol–water partition coefficient (Wildman–Crippen LogP) is 1.80. The molecule has 0 saturated carbocycles. The first kappa shape index (κ1) is 11.5. The molecule has 0 aromatic heterocycles. The van der Waals surface area contributed by atoms with Crippen molar-refractivity contribution >= 4 is 9.84 Å². The summed E-state index contributed by atoms with van der Waals surface area (Å²) in [4.78, 5) is -0.0720. The first-order chi connectivity index (χ1) is 7.49. The van der Waals surface area contributed by atoms with Crippen molar-refractivity contribution in [3.8, 4) is 0 Å². The third-order valence-corrected chi connectivity index (χ3v) is 3.97. The second kappa shape index (κ2) is 4.10.